The maximum Gasteiger partial charge on any atom is 0.128 e. The second-order valence-electron chi connectivity index (χ2n) is 4.87. The van der Waals surface area contributed by atoms with E-state index in [1.54, 1.807) is 30.5 Å². The lowest BCUT2D eigenvalue weighted by molar-refractivity contribution is 0.587. The number of hydrogen-bond acceptors (Lipinski definition) is 2. The molecule has 0 bridgehead atoms. The van der Waals surface area contributed by atoms with E-state index in [1.807, 2.05) is 18.2 Å². The smallest absolute Gasteiger partial charge is 0.128 e. The number of hydrogen-bond donors (Lipinski definition) is 0. The third-order valence-corrected chi connectivity index (χ3v) is 4.79. The minimum Gasteiger partial charge on any atom is -0.260 e. The summed E-state index contributed by atoms with van der Waals surface area (Å²) in [6.07, 6.45) is 1.64. The monoisotopic (exact) mass is 347 g/mol. The van der Waals surface area contributed by atoms with Gasteiger partial charge in [-0.1, -0.05) is 17.7 Å². The second-order valence-corrected chi connectivity index (χ2v) is 6.49. The fourth-order valence-corrected chi connectivity index (χ4v) is 3.44. The summed E-state index contributed by atoms with van der Waals surface area (Å²) in [5, 5.41) is 0.175. The van der Waals surface area contributed by atoms with Crippen LogP contribution >= 0.6 is 23.4 Å². The number of halogens is 3. The summed E-state index contributed by atoms with van der Waals surface area (Å²) < 4.78 is 27.8. The highest BCUT2D eigenvalue weighted by Gasteiger charge is 2.21. The summed E-state index contributed by atoms with van der Waals surface area (Å²) in [6, 6.07) is 16.1. The number of benzene rings is 2. The highest BCUT2D eigenvalue weighted by molar-refractivity contribution is 7.99. The van der Waals surface area contributed by atoms with Crippen molar-refractivity contribution >= 4 is 23.4 Å². The van der Waals surface area contributed by atoms with E-state index in [9.17, 15) is 8.78 Å². The Balaban J connectivity index is 2.03. The fraction of sp³-hybridized carbons (Fsp3) is 0.0556. The number of thioether (sulfide) groups is 1. The van der Waals surface area contributed by atoms with E-state index in [0.29, 0.717) is 10.7 Å². The van der Waals surface area contributed by atoms with Gasteiger partial charge in [0.2, 0.25) is 0 Å². The Kier molecular flexibility index (Phi) is 4.94. The minimum absolute atomic E-state index is 0.267. The van der Waals surface area contributed by atoms with E-state index in [0.717, 1.165) is 17.0 Å². The second kappa shape index (κ2) is 7.11. The zero-order valence-corrected chi connectivity index (χ0v) is 13.5. The molecule has 0 saturated heterocycles. The summed E-state index contributed by atoms with van der Waals surface area (Å²) in [7, 11) is 0. The van der Waals surface area contributed by atoms with Crippen LogP contribution in [-0.2, 0) is 0 Å². The van der Waals surface area contributed by atoms with Gasteiger partial charge in [0, 0.05) is 21.7 Å². The van der Waals surface area contributed by atoms with Crippen LogP contribution in [0.2, 0.25) is 5.02 Å². The van der Waals surface area contributed by atoms with E-state index >= 15 is 0 Å². The molecule has 1 nitrogen and oxygen atoms in total. The van der Waals surface area contributed by atoms with E-state index < -0.39 is 16.9 Å². The van der Waals surface area contributed by atoms with E-state index in [2.05, 4.69) is 4.98 Å². The molecule has 0 saturated carbocycles. The molecule has 0 aliphatic rings. The summed E-state index contributed by atoms with van der Waals surface area (Å²) in [4.78, 5) is 5.20. The quantitative estimate of drug-likeness (QED) is 0.545. The fourth-order valence-electron chi connectivity index (χ4n) is 2.18. The molecule has 3 rings (SSSR count). The molecule has 23 heavy (non-hydrogen) atoms. The van der Waals surface area contributed by atoms with Gasteiger partial charge >= 0.3 is 0 Å². The van der Waals surface area contributed by atoms with Crippen LogP contribution in [-0.4, -0.2) is 4.98 Å². The Morgan fingerprint density at radius 3 is 2.43 bits per heavy atom. The van der Waals surface area contributed by atoms with Crippen LogP contribution in [0, 0.1) is 11.6 Å². The normalized spacial score (nSPS) is 12.1. The van der Waals surface area contributed by atoms with Crippen LogP contribution in [0.15, 0.2) is 71.8 Å². The Hall–Kier alpha value is -1.91. The van der Waals surface area contributed by atoms with Gasteiger partial charge in [-0.25, -0.2) is 8.78 Å². The lowest BCUT2D eigenvalue weighted by atomic mass is 10.1. The van der Waals surface area contributed by atoms with Crippen LogP contribution in [0.4, 0.5) is 8.78 Å². The SMILES string of the molecule is Fc1ccc(F)c(C(Sc2ccc(Cl)cc2)c2ccccn2)c1. The highest BCUT2D eigenvalue weighted by Crippen LogP contribution is 2.41. The summed E-state index contributed by atoms with van der Waals surface area (Å²) in [6.45, 7) is 0. The molecule has 0 spiro atoms. The van der Waals surface area contributed by atoms with Crippen molar-refractivity contribution in [2.45, 2.75) is 10.1 Å². The molecule has 1 aromatic heterocycles. The first-order valence-electron chi connectivity index (χ1n) is 6.91. The van der Waals surface area contributed by atoms with Gasteiger partial charge in [0.1, 0.15) is 11.6 Å². The molecule has 5 heteroatoms. The van der Waals surface area contributed by atoms with Gasteiger partial charge in [-0.15, -0.1) is 11.8 Å². The molecule has 1 atom stereocenters. The molecule has 0 amide bonds. The lowest BCUT2D eigenvalue weighted by Crippen LogP contribution is -2.03. The molecule has 3 aromatic rings. The summed E-state index contributed by atoms with van der Waals surface area (Å²) >= 11 is 7.30. The maximum absolute atomic E-state index is 14.2. The third-order valence-electron chi connectivity index (χ3n) is 3.26. The van der Waals surface area contributed by atoms with Crippen LogP contribution in [0.5, 0.6) is 0 Å². The van der Waals surface area contributed by atoms with Crippen LogP contribution in [0.3, 0.4) is 0 Å². The molecule has 116 valence electrons. The Labute approximate surface area is 142 Å². The van der Waals surface area contributed by atoms with Crippen molar-refractivity contribution in [3.05, 3.63) is 94.8 Å². The van der Waals surface area contributed by atoms with E-state index in [4.69, 9.17) is 11.6 Å². The third kappa shape index (κ3) is 3.89. The molecule has 1 unspecified atom stereocenters. The van der Waals surface area contributed by atoms with Crippen molar-refractivity contribution in [3.63, 3.8) is 0 Å². The van der Waals surface area contributed by atoms with Crippen molar-refractivity contribution < 1.29 is 8.78 Å². The van der Waals surface area contributed by atoms with E-state index in [1.165, 1.54) is 17.8 Å². The molecule has 0 N–H and O–H groups in total. The van der Waals surface area contributed by atoms with Gasteiger partial charge in [0.15, 0.2) is 0 Å². The molecular weight excluding hydrogens is 336 g/mol. The summed E-state index contributed by atoms with van der Waals surface area (Å²) in [5.41, 5.74) is 0.931. The zero-order chi connectivity index (χ0) is 16.2. The number of pyridine rings is 1. The van der Waals surface area contributed by atoms with E-state index in [-0.39, 0.29) is 5.56 Å². The van der Waals surface area contributed by atoms with Crippen molar-refractivity contribution in [3.8, 4) is 0 Å². The molecule has 0 aliphatic carbocycles. The molecule has 0 aliphatic heterocycles. The first-order chi connectivity index (χ1) is 11.1. The average Bonchev–Trinajstić information content (AvgIpc) is 2.57. The first-order valence-corrected chi connectivity index (χ1v) is 8.17. The number of aromatic nitrogens is 1. The van der Waals surface area contributed by atoms with Crippen molar-refractivity contribution in [2.75, 3.05) is 0 Å². The lowest BCUT2D eigenvalue weighted by Gasteiger charge is -2.17. The Bertz CT molecular complexity index is 794. The van der Waals surface area contributed by atoms with Gasteiger partial charge in [0.25, 0.3) is 0 Å². The minimum atomic E-state index is -0.473. The van der Waals surface area contributed by atoms with Gasteiger partial charge < -0.3 is 0 Å². The molecular formula is C18H12ClF2NS. The van der Waals surface area contributed by atoms with Gasteiger partial charge in [0.05, 0.1) is 10.9 Å². The highest BCUT2D eigenvalue weighted by atomic mass is 35.5. The van der Waals surface area contributed by atoms with Crippen molar-refractivity contribution in [1.82, 2.24) is 4.98 Å². The van der Waals surface area contributed by atoms with Crippen LogP contribution in [0.25, 0.3) is 0 Å². The van der Waals surface area contributed by atoms with Crippen molar-refractivity contribution in [2.24, 2.45) is 0 Å². The predicted octanol–water partition coefficient (Wildman–Crippen LogP) is 5.89. The molecule has 1 heterocycles. The molecule has 0 radical (unpaired) electrons. The molecule has 2 aromatic carbocycles. The summed E-state index contributed by atoms with van der Waals surface area (Å²) in [5.74, 6) is -0.928. The largest absolute Gasteiger partial charge is 0.260 e. The van der Waals surface area contributed by atoms with Crippen LogP contribution in [0.1, 0.15) is 16.5 Å². The van der Waals surface area contributed by atoms with Gasteiger partial charge in [-0.2, -0.15) is 0 Å². The number of rotatable bonds is 4. The predicted molar refractivity (Wildman–Crippen MR) is 89.7 cm³/mol. The van der Waals surface area contributed by atoms with Crippen LogP contribution < -0.4 is 0 Å². The molecule has 0 fully saturated rings. The van der Waals surface area contributed by atoms with Gasteiger partial charge in [-0.05, 0) is 54.6 Å². The Morgan fingerprint density at radius 2 is 1.74 bits per heavy atom. The zero-order valence-electron chi connectivity index (χ0n) is 11.9. The first kappa shape index (κ1) is 16.0. The number of nitrogens with zero attached hydrogens (tertiary/aromatic N) is 1. The standard InChI is InChI=1S/C18H12ClF2NS/c19-12-4-7-14(8-5-12)23-18(17-3-1-2-10-22-17)15-11-13(20)6-9-16(15)21/h1-11,18H. The van der Waals surface area contributed by atoms with Gasteiger partial charge in [-0.3, -0.25) is 4.98 Å². The maximum atomic E-state index is 14.2. The average molecular weight is 348 g/mol. The topological polar surface area (TPSA) is 12.9 Å². The van der Waals surface area contributed by atoms with Crippen molar-refractivity contribution in [1.29, 1.82) is 0 Å². The Morgan fingerprint density at radius 1 is 0.957 bits per heavy atom.